The lowest BCUT2D eigenvalue weighted by molar-refractivity contribution is 0.0738. The summed E-state index contributed by atoms with van der Waals surface area (Å²) in [5.74, 6) is 0.494. The third-order valence-corrected chi connectivity index (χ3v) is 5.92. The van der Waals surface area contributed by atoms with Gasteiger partial charge in [0.05, 0.1) is 23.0 Å². The number of piperazine rings is 1. The van der Waals surface area contributed by atoms with Gasteiger partial charge >= 0.3 is 0 Å². The molecular formula is C24H28N8O. The number of rotatable bonds is 5. The van der Waals surface area contributed by atoms with Gasteiger partial charge in [-0.25, -0.2) is 9.67 Å². The predicted octanol–water partition coefficient (Wildman–Crippen LogP) is 2.93. The van der Waals surface area contributed by atoms with Gasteiger partial charge in [0.1, 0.15) is 5.60 Å². The summed E-state index contributed by atoms with van der Waals surface area (Å²) in [7, 11) is 2.16. The Labute approximate surface area is 192 Å². The van der Waals surface area contributed by atoms with E-state index in [9.17, 15) is 5.11 Å². The predicted molar refractivity (Wildman–Crippen MR) is 129 cm³/mol. The van der Waals surface area contributed by atoms with Crippen LogP contribution in [0.15, 0.2) is 55.0 Å². The molecule has 0 bridgehead atoms. The van der Waals surface area contributed by atoms with E-state index < -0.39 is 5.60 Å². The highest BCUT2D eigenvalue weighted by Crippen LogP contribution is 2.24. The van der Waals surface area contributed by atoms with Gasteiger partial charge in [0, 0.05) is 49.9 Å². The highest BCUT2D eigenvalue weighted by atomic mass is 16.3. The Morgan fingerprint density at radius 3 is 2.42 bits per heavy atom. The number of nitrogens with one attached hydrogen (secondary N) is 1. The van der Waals surface area contributed by atoms with Crippen molar-refractivity contribution < 1.29 is 5.11 Å². The van der Waals surface area contributed by atoms with Gasteiger partial charge in [-0.05, 0) is 57.3 Å². The third kappa shape index (κ3) is 4.50. The van der Waals surface area contributed by atoms with Crippen LogP contribution >= 0.6 is 0 Å². The van der Waals surface area contributed by atoms with Crippen LogP contribution in [0.4, 0.5) is 17.3 Å². The molecule has 170 valence electrons. The number of fused-ring (bicyclic) bond motifs is 1. The standard InChI is InChI=1S/C24H28N8O/c1-24(2,33)21-14-20(8-9-25-21)32-22-17(16-27-32)15-26-23(29-22)28-18-4-6-19(7-5-18)31-12-10-30(3)11-13-31/h4-9,14-16,33H,10-13H2,1-3H3,(H,26,28,29). The number of aromatic nitrogens is 5. The fraction of sp³-hybridized carbons (Fsp3) is 0.333. The van der Waals surface area contributed by atoms with Crippen molar-refractivity contribution in [3.05, 3.63) is 60.7 Å². The Hall–Kier alpha value is -3.56. The molecule has 0 spiro atoms. The summed E-state index contributed by atoms with van der Waals surface area (Å²) in [6.45, 7) is 7.65. The molecule has 9 nitrogen and oxygen atoms in total. The van der Waals surface area contributed by atoms with E-state index in [-0.39, 0.29) is 0 Å². The molecule has 1 aliphatic rings. The average Bonchev–Trinajstić information content (AvgIpc) is 3.23. The molecule has 0 saturated carbocycles. The molecule has 0 amide bonds. The molecule has 33 heavy (non-hydrogen) atoms. The lowest BCUT2D eigenvalue weighted by Crippen LogP contribution is -2.44. The molecule has 2 N–H and O–H groups in total. The molecule has 4 aromatic rings. The minimum absolute atomic E-state index is 0.494. The fourth-order valence-corrected chi connectivity index (χ4v) is 3.90. The average molecular weight is 445 g/mol. The van der Waals surface area contributed by atoms with Crippen molar-refractivity contribution in [3.63, 3.8) is 0 Å². The number of hydrogen-bond donors (Lipinski definition) is 2. The second-order valence-corrected chi connectivity index (χ2v) is 8.95. The van der Waals surface area contributed by atoms with E-state index in [0.717, 1.165) is 42.9 Å². The van der Waals surface area contributed by atoms with Gasteiger partial charge in [-0.2, -0.15) is 10.1 Å². The topological polar surface area (TPSA) is 95.2 Å². The normalized spacial score (nSPS) is 15.2. The first-order chi connectivity index (χ1) is 15.9. The molecule has 9 heteroatoms. The summed E-state index contributed by atoms with van der Waals surface area (Å²) in [5, 5.41) is 18.9. The van der Waals surface area contributed by atoms with Gasteiger partial charge < -0.3 is 20.2 Å². The number of aliphatic hydroxyl groups is 1. The summed E-state index contributed by atoms with van der Waals surface area (Å²) < 4.78 is 1.73. The van der Waals surface area contributed by atoms with Crippen molar-refractivity contribution >= 4 is 28.4 Å². The summed E-state index contributed by atoms with van der Waals surface area (Å²) >= 11 is 0. The molecule has 1 aromatic carbocycles. The van der Waals surface area contributed by atoms with Crippen molar-refractivity contribution in [2.24, 2.45) is 0 Å². The Kier molecular flexibility index (Phi) is 5.43. The third-order valence-electron chi connectivity index (χ3n) is 5.92. The fourth-order valence-electron chi connectivity index (χ4n) is 3.90. The molecule has 5 rings (SSSR count). The number of hydrogen-bond acceptors (Lipinski definition) is 8. The summed E-state index contributed by atoms with van der Waals surface area (Å²) in [6.07, 6.45) is 5.15. The van der Waals surface area contributed by atoms with Gasteiger partial charge in [0.15, 0.2) is 5.65 Å². The van der Waals surface area contributed by atoms with Crippen molar-refractivity contribution in [1.29, 1.82) is 0 Å². The quantitative estimate of drug-likeness (QED) is 0.485. The summed E-state index contributed by atoms with van der Waals surface area (Å²) in [5.41, 5.74) is 3.12. The van der Waals surface area contributed by atoms with Crippen LogP contribution in [0, 0.1) is 0 Å². The number of nitrogens with zero attached hydrogens (tertiary/aromatic N) is 7. The lowest BCUT2D eigenvalue weighted by atomic mass is 10.0. The molecule has 1 saturated heterocycles. The Bertz CT molecular complexity index is 1250. The Morgan fingerprint density at radius 2 is 1.70 bits per heavy atom. The van der Waals surface area contributed by atoms with Crippen LogP contribution in [-0.4, -0.2) is 68.0 Å². The smallest absolute Gasteiger partial charge is 0.229 e. The van der Waals surface area contributed by atoms with Crippen molar-refractivity contribution in [2.45, 2.75) is 19.4 Å². The van der Waals surface area contributed by atoms with Gasteiger partial charge in [0.25, 0.3) is 0 Å². The van der Waals surface area contributed by atoms with E-state index in [2.05, 4.69) is 61.5 Å². The highest BCUT2D eigenvalue weighted by Gasteiger charge is 2.19. The molecular weight excluding hydrogens is 416 g/mol. The minimum Gasteiger partial charge on any atom is -0.384 e. The molecule has 0 aliphatic carbocycles. The minimum atomic E-state index is -1.04. The molecule has 0 radical (unpaired) electrons. The second-order valence-electron chi connectivity index (χ2n) is 8.95. The lowest BCUT2D eigenvalue weighted by Gasteiger charge is -2.34. The zero-order valence-electron chi connectivity index (χ0n) is 19.1. The largest absolute Gasteiger partial charge is 0.384 e. The maximum Gasteiger partial charge on any atom is 0.229 e. The number of pyridine rings is 1. The first kappa shape index (κ1) is 21.3. The van der Waals surface area contributed by atoms with Gasteiger partial charge in [-0.3, -0.25) is 4.98 Å². The van der Waals surface area contributed by atoms with Crippen molar-refractivity contribution in [2.75, 3.05) is 43.4 Å². The first-order valence-electron chi connectivity index (χ1n) is 11.1. The van der Waals surface area contributed by atoms with Crippen LogP contribution in [0.5, 0.6) is 0 Å². The van der Waals surface area contributed by atoms with E-state index in [1.165, 1.54) is 5.69 Å². The summed E-state index contributed by atoms with van der Waals surface area (Å²) in [6, 6.07) is 12.0. The van der Waals surface area contributed by atoms with Crippen molar-refractivity contribution in [1.82, 2.24) is 29.6 Å². The number of anilines is 3. The number of likely N-dealkylation sites (N-methyl/N-ethyl adjacent to an activating group) is 1. The van der Waals surface area contributed by atoms with Crippen LogP contribution < -0.4 is 10.2 Å². The van der Waals surface area contributed by atoms with E-state index in [4.69, 9.17) is 4.98 Å². The maximum atomic E-state index is 10.3. The van der Waals surface area contributed by atoms with E-state index in [1.807, 2.05) is 12.1 Å². The molecule has 0 atom stereocenters. The van der Waals surface area contributed by atoms with Crippen LogP contribution in [0.2, 0.25) is 0 Å². The Morgan fingerprint density at radius 1 is 0.939 bits per heavy atom. The first-order valence-corrected chi connectivity index (χ1v) is 11.1. The zero-order chi connectivity index (χ0) is 23.0. The van der Waals surface area contributed by atoms with E-state index >= 15 is 0 Å². The monoisotopic (exact) mass is 444 g/mol. The van der Waals surface area contributed by atoms with Crippen LogP contribution in [-0.2, 0) is 5.60 Å². The van der Waals surface area contributed by atoms with E-state index in [1.54, 1.807) is 37.1 Å². The van der Waals surface area contributed by atoms with Crippen LogP contribution in [0.25, 0.3) is 16.7 Å². The molecule has 0 unspecified atom stereocenters. The van der Waals surface area contributed by atoms with E-state index in [0.29, 0.717) is 17.3 Å². The van der Waals surface area contributed by atoms with Crippen LogP contribution in [0.1, 0.15) is 19.5 Å². The van der Waals surface area contributed by atoms with Crippen molar-refractivity contribution in [3.8, 4) is 5.69 Å². The van der Waals surface area contributed by atoms with Gasteiger partial charge in [0.2, 0.25) is 5.95 Å². The molecule has 1 fully saturated rings. The molecule has 3 aromatic heterocycles. The highest BCUT2D eigenvalue weighted by molar-refractivity contribution is 5.77. The zero-order valence-corrected chi connectivity index (χ0v) is 19.1. The second kappa shape index (κ2) is 8.42. The van der Waals surface area contributed by atoms with Gasteiger partial charge in [-0.1, -0.05) is 0 Å². The summed E-state index contributed by atoms with van der Waals surface area (Å²) in [4.78, 5) is 18.2. The molecule has 1 aliphatic heterocycles. The van der Waals surface area contributed by atoms with Crippen LogP contribution in [0.3, 0.4) is 0 Å². The van der Waals surface area contributed by atoms with Gasteiger partial charge in [-0.15, -0.1) is 0 Å². The molecule has 4 heterocycles. The number of benzene rings is 1. The maximum absolute atomic E-state index is 10.3. The Balaban J connectivity index is 1.38. The SMILES string of the molecule is CN1CCN(c2ccc(Nc3ncc4cnn(-c5ccnc(C(C)(C)O)c5)c4n3)cc2)CC1.